The molecule has 0 amide bonds. The van der Waals surface area contributed by atoms with Crippen molar-refractivity contribution in [1.29, 1.82) is 0 Å². The maximum absolute atomic E-state index is 10.4. The minimum absolute atomic E-state index is 0.265. The lowest BCUT2D eigenvalue weighted by Gasteiger charge is -2.40. The third-order valence-electron chi connectivity index (χ3n) is 5.61. The highest BCUT2D eigenvalue weighted by Gasteiger charge is 2.27. The molecule has 1 saturated heterocycles. The smallest absolute Gasteiger partial charge is 0.0900 e. The molecule has 3 rings (SSSR count). The van der Waals surface area contributed by atoms with Crippen molar-refractivity contribution in [2.45, 2.75) is 31.6 Å². The molecule has 0 aliphatic carbocycles. The first kappa shape index (κ1) is 21.7. The van der Waals surface area contributed by atoms with Gasteiger partial charge in [-0.05, 0) is 25.0 Å². The summed E-state index contributed by atoms with van der Waals surface area (Å²) in [6.45, 7) is 12.5. The van der Waals surface area contributed by atoms with Crippen LogP contribution >= 0.6 is 0 Å². The van der Waals surface area contributed by atoms with Crippen LogP contribution < -0.4 is 0 Å². The Morgan fingerprint density at radius 2 is 1.48 bits per heavy atom. The molecule has 1 fully saturated rings. The molecule has 29 heavy (non-hydrogen) atoms. The lowest BCUT2D eigenvalue weighted by Crippen LogP contribution is -2.50. The van der Waals surface area contributed by atoms with E-state index < -0.39 is 11.7 Å². The van der Waals surface area contributed by atoms with Crippen LogP contribution in [-0.4, -0.2) is 65.9 Å². The van der Waals surface area contributed by atoms with Crippen LogP contribution in [0, 0.1) is 0 Å². The maximum Gasteiger partial charge on any atom is 0.0900 e. The third-order valence-corrected chi connectivity index (χ3v) is 5.61. The summed E-state index contributed by atoms with van der Waals surface area (Å²) in [6.07, 6.45) is 1.28. The van der Waals surface area contributed by atoms with Gasteiger partial charge in [0.15, 0.2) is 0 Å². The van der Waals surface area contributed by atoms with E-state index in [1.807, 2.05) is 13.8 Å². The monoisotopic (exact) mass is 394 g/mol. The summed E-state index contributed by atoms with van der Waals surface area (Å²) >= 11 is 0. The van der Waals surface area contributed by atoms with Crippen LogP contribution in [0.15, 0.2) is 73.3 Å². The Bertz CT molecular complexity index is 700. The van der Waals surface area contributed by atoms with Gasteiger partial charge in [0.25, 0.3) is 0 Å². The molecule has 1 heterocycles. The first-order valence-electron chi connectivity index (χ1n) is 10.5. The molecule has 156 valence electrons. The predicted molar refractivity (Wildman–Crippen MR) is 119 cm³/mol. The van der Waals surface area contributed by atoms with E-state index >= 15 is 0 Å². The number of hydrogen-bond donors (Lipinski definition) is 1. The van der Waals surface area contributed by atoms with Crippen LogP contribution in [0.4, 0.5) is 0 Å². The fourth-order valence-corrected chi connectivity index (χ4v) is 3.81. The second-order valence-corrected chi connectivity index (χ2v) is 8.33. The van der Waals surface area contributed by atoms with Gasteiger partial charge in [0.05, 0.1) is 24.4 Å². The van der Waals surface area contributed by atoms with Crippen LogP contribution in [-0.2, 0) is 4.74 Å². The number of ether oxygens (including phenoxy) is 1. The van der Waals surface area contributed by atoms with Crippen molar-refractivity contribution < 1.29 is 9.84 Å². The van der Waals surface area contributed by atoms with Gasteiger partial charge in [-0.15, -0.1) is 6.58 Å². The van der Waals surface area contributed by atoms with Gasteiger partial charge in [-0.25, -0.2) is 0 Å². The lowest BCUT2D eigenvalue weighted by atomic mass is 9.96. The summed E-state index contributed by atoms with van der Waals surface area (Å²) in [5, 5.41) is 10.4. The van der Waals surface area contributed by atoms with Crippen molar-refractivity contribution in [3.63, 3.8) is 0 Å². The van der Waals surface area contributed by atoms with Crippen LogP contribution in [0.1, 0.15) is 31.0 Å². The molecule has 0 radical (unpaired) electrons. The van der Waals surface area contributed by atoms with Crippen molar-refractivity contribution in [2.24, 2.45) is 0 Å². The zero-order valence-electron chi connectivity index (χ0n) is 17.7. The molecule has 0 saturated carbocycles. The van der Waals surface area contributed by atoms with Crippen molar-refractivity contribution in [1.82, 2.24) is 9.80 Å². The molecule has 0 unspecified atom stereocenters. The minimum atomic E-state index is -0.486. The highest BCUT2D eigenvalue weighted by molar-refractivity contribution is 5.31. The normalized spacial score (nSPS) is 17.4. The number of rotatable bonds is 9. The SMILES string of the molecule is C=CC(C)(C)OC[C@@H](O)CN1CCN(C(c2ccccc2)c2ccccc2)CC1. The molecule has 0 spiro atoms. The molecule has 1 N–H and O–H groups in total. The number of piperazine rings is 1. The molecule has 0 aromatic heterocycles. The molecular weight excluding hydrogens is 360 g/mol. The molecule has 1 aliphatic heterocycles. The molecule has 4 nitrogen and oxygen atoms in total. The van der Waals surface area contributed by atoms with Crippen LogP contribution in [0.2, 0.25) is 0 Å². The number of β-amino-alcohol motifs (C(OH)–C–C–N with tert-alkyl or cyclic N) is 1. The lowest BCUT2D eigenvalue weighted by molar-refractivity contribution is -0.0456. The quantitative estimate of drug-likeness (QED) is 0.658. The molecule has 4 heteroatoms. The zero-order chi connectivity index (χ0) is 20.7. The Morgan fingerprint density at radius 3 is 1.97 bits per heavy atom. The summed E-state index contributed by atoms with van der Waals surface area (Å²) in [4.78, 5) is 4.88. The second-order valence-electron chi connectivity index (χ2n) is 8.33. The van der Waals surface area contributed by atoms with E-state index in [9.17, 15) is 5.11 Å². The van der Waals surface area contributed by atoms with E-state index in [2.05, 4.69) is 77.0 Å². The molecule has 0 bridgehead atoms. The first-order chi connectivity index (χ1) is 14.0. The van der Waals surface area contributed by atoms with Gasteiger partial charge in [-0.1, -0.05) is 66.7 Å². The largest absolute Gasteiger partial charge is 0.389 e. The maximum atomic E-state index is 10.4. The number of aliphatic hydroxyl groups is 1. The Kier molecular flexibility index (Phi) is 7.62. The molecule has 2 aromatic rings. The summed E-state index contributed by atoms with van der Waals surface area (Å²) in [5.41, 5.74) is 2.25. The van der Waals surface area contributed by atoms with Crippen molar-refractivity contribution in [3.05, 3.63) is 84.4 Å². The van der Waals surface area contributed by atoms with Gasteiger partial charge in [-0.3, -0.25) is 9.80 Å². The van der Waals surface area contributed by atoms with E-state index in [4.69, 9.17) is 4.74 Å². The highest BCUT2D eigenvalue weighted by atomic mass is 16.5. The zero-order valence-corrected chi connectivity index (χ0v) is 17.7. The topological polar surface area (TPSA) is 35.9 Å². The van der Waals surface area contributed by atoms with Crippen molar-refractivity contribution >= 4 is 0 Å². The number of benzene rings is 2. The van der Waals surface area contributed by atoms with Gasteiger partial charge in [0, 0.05) is 32.7 Å². The average Bonchev–Trinajstić information content (AvgIpc) is 2.75. The fourth-order valence-electron chi connectivity index (χ4n) is 3.81. The van der Waals surface area contributed by atoms with Crippen molar-refractivity contribution in [2.75, 3.05) is 39.3 Å². The van der Waals surface area contributed by atoms with E-state index in [1.54, 1.807) is 6.08 Å². The Balaban J connectivity index is 1.58. The van der Waals surface area contributed by atoms with Crippen LogP contribution in [0.5, 0.6) is 0 Å². The molecule has 1 atom stereocenters. The Morgan fingerprint density at radius 1 is 0.966 bits per heavy atom. The minimum Gasteiger partial charge on any atom is -0.389 e. The predicted octanol–water partition coefficient (Wildman–Crippen LogP) is 3.74. The number of nitrogens with zero attached hydrogens (tertiary/aromatic N) is 2. The van der Waals surface area contributed by atoms with E-state index in [-0.39, 0.29) is 6.04 Å². The Labute approximate surface area is 175 Å². The number of aliphatic hydroxyl groups excluding tert-OH is 1. The van der Waals surface area contributed by atoms with Crippen LogP contribution in [0.25, 0.3) is 0 Å². The molecular formula is C25H34N2O2. The standard InChI is InChI=1S/C25H34N2O2/c1-4-25(2,3)29-20-23(28)19-26-15-17-27(18-16-26)24(21-11-7-5-8-12-21)22-13-9-6-10-14-22/h4-14,23-24,28H,1,15-20H2,2-3H3/t23-/m0/s1. The molecule has 2 aromatic carbocycles. The van der Waals surface area contributed by atoms with Gasteiger partial charge >= 0.3 is 0 Å². The fraction of sp³-hybridized carbons (Fsp3) is 0.440. The van der Waals surface area contributed by atoms with Gasteiger partial charge < -0.3 is 9.84 Å². The summed E-state index contributed by atoms with van der Waals surface area (Å²) in [6, 6.07) is 21.7. The molecule has 1 aliphatic rings. The second kappa shape index (κ2) is 10.2. The van der Waals surface area contributed by atoms with E-state index in [1.165, 1.54) is 11.1 Å². The summed E-state index contributed by atoms with van der Waals surface area (Å²) in [7, 11) is 0. The van der Waals surface area contributed by atoms with Crippen molar-refractivity contribution in [3.8, 4) is 0 Å². The van der Waals surface area contributed by atoms with E-state index in [0.29, 0.717) is 13.2 Å². The average molecular weight is 395 g/mol. The first-order valence-corrected chi connectivity index (χ1v) is 10.5. The summed E-state index contributed by atoms with van der Waals surface area (Å²) in [5.74, 6) is 0. The van der Waals surface area contributed by atoms with Gasteiger partial charge in [-0.2, -0.15) is 0 Å². The Hall–Kier alpha value is -1.98. The van der Waals surface area contributed by atoms with E-state index in [0.717, 1.165) is 26.2 Å². The third kappa shape index (κ3) is 6.25. The van der Waals surface area contributed by atoms with Gasteiger partial charge in [0.1, 0.15) is 0 Å². The van der Waals surface area contributed by atoms with Crippen LogP contribution in [0.3, 0.4) is 0 Å². The highest BCUT2D eigenvalue weighted by Crippen LogP contribution is 2.29. The van der Waals surface area contributed by atoms with Gasteiger partial charge in [0.2, 0.25) is 0 Å². The number of hydrogen-bond acceptors (Lipinski definition) is 4. The summed E-state index contributed by atoms with van der Waals surface area (Å²) < 4.78 is 5.75.